The topological polar surface area (TPSA) is 89.5 Å². The van der Waals surface area contributed by atoms with Crippen LogP contribution in [0.15, 0.2) is 48.5 Å². The highest BCUT2D eigenvalue weighted by molar-refractivity contribution is 5.89. The van der Waals surface area contributed by atoms with E-state index in [1.807, 2.05) is 0 Å². The molecule has 0 bridgehead atoms. The maximum absolute atomic E-state index is 12.4. The van der Waals surface area contributed by atoms with Crippen molar-refractivity contribution in [1.29, 1.82) is 0 Å². The minimum atomic E-state index is -1.07. The summed E-state index contributed by atoms with van der Waals surface area (Å²) in [4.78, 5) is 45.2. The molecule has 8 nitrogen and oxygen atoms in total. The van der Waals surface area contributed by atoms with Crippen molar-refractivity contribution in [2.75, 3.05) is 14.2 Å². The normalized spacial score (nSPS) is 10.8. The average molecular weight is 503 g/mol. The minimum absolute atomic E-state index is 0.254. The largest absolute Gasteiger partial charge is 0.497 e. The van der Waals surface area contributed by atoms with Gasteiger partial charge in [-0.25, -0.2) is 9.59 Å². The number of rotatable bonds is 18. The number of hydrogen-bond donors (Lipinski definition) is 0. The van der Waals surface area contributed by atoms with Crippen LogP contribution in [-0.4, -0.2) is 32.4 Å². The van der Waals surface area contributed by atoms with Gasteiger partial charge in [0.05, 0.1) is 25.3 Å². The standard InChI is InChI=1S/C28H38O8/c1-4-5-6-7-8-9-10-11-12-19-26(33-35-27(29)22-15-13-17-24(20-22)31-2)34-36-28(30)23-16-14-18-25(21-23)32-3/h13-18,20-21,26H,4-12,19H2,1-3H3. The van der Waals surface area contributed by atoms with E-state index in [1.54, 1.807) is 36.4 Å². The summed E-state index contributed by atoms with van der Waals surface area (Å²) in [5, 5.41) is 0. The number of methoxy groups -OCH3 is 2. The lowest BCUT2D eigenvalue weighted by Gasteiger charge is -2.15. The number of unbranched alkanes of at least 4 members (excludes halogenated alkanes) is 8. The van der Waals surface area contributed by atoms with Crippen LogP contribution in [0.3, 0.4) is 0 Å². The van der Waals surface area contributed by atoms with Gasteiger partial charge < -0.3 is 9.47 Å². The molecule has 0 aliphatic heterocycles. The van der Waals surface area contributed by atoms with Crippen molar-refractivity contribution in [3.63, 3.8) is 0 Å². The zero-order chi connectivity index (χ0) is 26.0. The van der Waals surface area contributed by atoms with Crippen LogP contribution in [0.4, 0.5) is 0 Å². The maximum Gasteiger partial charge on any atom is 0.373 e. The number of benzene rings is 2. The second-order valence-electron chi connectivity index (χ2n) is 8.44. The third kappa shape index (κ3) is 11.1. The molecule has 0 aliphatic carbocycles. The van der Waals surface area contributed by atoms with Crippen molar-refractivity contribution in [1.82, 2.24) is 0 Å². The van der Waals surface area contributed by atoms with Gasteiger partial charge in [-0.15, -0.1) is 9.78 Å². The van der Waals surface area contributed by atoms with E-state index in [9.17, 15) is 9.59 Å². The van der Waals surface area contributed by atoms with Crippen LogP contribution in [0.1, 0.15) is 91.8 Å². The van der Waals surface area contributed by atoms with Crippen molar-refractivity contribution in [2.24, 2.45) is 0 Å². The Hall–Kier alpha value is -3.10. The van der Waals surface area contributed by atoms with Gasteiger partial charge in [0.15, 0.2) is 0 Å². The molecule has 8 heteroatoms. The van der Waals surface area contributed by atoms with E-state index in [0.717, 1.165) is 19.3 Å². The molecule has 0 unspecified atom stereocenters. The monoisotopic (exact) mass is 502 g/mol. The van der Waals surface area contributed by atoms with Crippen LogP contribution in [-0.2, 0) is 19.6 Å². The average Bonchev–Trinajstić information content (AvgIpc) is 2.92. The van der Waals surface area contributed by atoms with Crippen LogP contribution in [0.25, 0.3) is 0 Å². The fraction of sp³-hybridized carbons (Fsp3) is 0.500. The molecule has 36 heavy (non-hydrogen) atoms. The molecule has 0 fully saturated rings. The van der Waals surface area contributed by atoms with Crippen LogP contribution in [0.5, 0.6) is 11.5 Å². The van der Waals surface area contributed by atoms with Gasteiger partial charge in [-0.3, -0.25) is 9.78 Å². The predicted molar refractivity (Wildman–Crippen MR) is 135 cm³/mol. The Morgan fingerprint density at radius 2 is 1.11 bits per heavy atom. The Bertz CT molecular complexity index is 850. The summed E-state index contributed by atoms with van der Waals surface area (Å²) in [5.74, 6) is -0.402. The molecule has 0 spiro atoms. The lowest BCUT2D eigenvalue weighted by atomic mass is 10.1. The Labute approximate surface area is 213 Å². The van der Waals surface area contributed by atoms with Crippen molar-refractivity contribution >= 4 is 11.9 Å². The molecular formula is C28H38O8. The fourth-order valence-electron chi connectivity index (χ4n) is 3.52. The summed E-state index contributed by atoms with van der Waals surface area (Å²) in [7, 11) is 3.01. The summed E-state index contributed by atoms with van der Waals surface area (Å²) in [5.41, 5.74) is 0.508. The Kier molecular flexibility index (Phi) is 14.0. The first-order chi connectivity index (χ1) is 17.6. The minimum Gasteiger partial charge on any atom is -0.497 e. The summed E-state index contributed by atoms with van der Waals surface area (Å²) in [6.45, 7) is 2.21. The third-order valence-corrected chi connectivity index (χ3v) is 5.62. The number of carbonyl (C=O) groups is 2. The Balaban J connectivity index is 1.85. The molecule has 0 heterocycles. The van der Waals surface area contributed by atoms with Crippen LogP contribution >= 0.6 is 0 Å². The van der Waals surface area contributed by atoms with Gasteiger partial charge in [-0.05, 0) is 42.8 Å². The smallest absolute Gasteiger partial charge is 0.373 e. The van der Waals surface area contributed by atoms with Gasteiger partial charge in [0.25, 0.3) is 0 Å². The number of hydrogen-bond acceptors (Lipinski definition) is 8. The zero-order valence-electron chi connectivity index (χ0n) is 21.5. The molecule has 0 N–H and O–H groups in total. The molecule has 2 aromatic carbocycles. The highest BCUT2D eigenvalue weighted by Gasteiger charge is 2.20. The summed E-state index contributed by atoms with van der Waals surface area (Å²) < 4.78 is 10.3. The second-order valence-corrected chi connectivity index (χ2v) is 8.44. The summed E-state index contributed by atoms with van der Waals surface area (Å²) in [6, 6.07) is 13.0. The van der Waals surface area contributed by atoms with Gasteiger partial charge in [-0.2, -0.15) is 0 Å². The van der Waals surface area contributed by atoms with Crippen LogP contribution < -0.4 is 9.47 Å². The summed E-state index contributed by atoms with van der Waals surface area (Å²) >= 11 is 0. The lowest BCUT2D eigenvalue weighted by molar-refractivity contribution is -0.421. The Morgan fingerprint density at radius 3 is 1.56 bits per heavy atom. The van der Waals surface area contributed by atoms with E-state index in [1.165, 1.54) is 64.9 Å². The van der Waals surface area contributed by atoms with Crippen molar-refractivity contribution < 1.29 is 38.6 Å². The molecule has 198 valence electrons. The van der Waals surface area contributed by atoms with Crippen molar-refractivity contribution in [2.45, 2.75) is 77.4 Å². The molecule has 0 amide bonds. The predicted octanol–water partition coefficient (Wildman–Crippen LogP) is 6.83. The molecule has 0 radical (unpaired) electrons. The molecule has 2 aromatic rings. The second kappa shape index (κ2) is 17.3. The number of carbonyl (C=O) groups excluding carboxylic acids is 2. The summed E-state index contributed by atoms with van der Waals surface area (Å²) in [6.07, 6.45) is 9.61. The van der Waals surface area contributed by atoms with E-state index >= 15 is 0 Å². The quantitative estimate of drug-likeness (QED) is 0.0948. The van der Waals surface area contributed by atoms with Crippen LogP contribution in [0.2, 0.25) is 0 Å². The van der Waals surface area contributed by atoms with E-state index < -0.39 is 18.2 Å². The van der Waals surface area contributed by atoms with Gasteiger partial charge >= 0.3 is 11.9 Å². The Morgan fingerprint density at radius 1 is 0.667 bits per heavy atom. The van der Waals surface area contributed by atoms with Crippen LogP contribution in [0, 0.1) is 0 Å². The fourth-order valence-corrected chi connectivity index (χ4v) is 3.52. The highest BCUT2D eigenvalue weighted by Crippen LogP contribution is 2.18. The molecule has 2 rings (SSSR count). The SMILES string of the molecule is CCCCCCCCCCCC(OOC(=O)c1cccc(OC)c1)OOC(=O)c1cccc(OC)c1. The zero-order valence-corrected chi connectivity index (χ0v) is 21.5. The van der Waals surface area contributed by atoms with Gasteiger partial charge in [-0.1, -0.05) is 70.4 Å². The van der Waals surface area contributed by atoms with Crippen molar-refractivity contribution in [3.8, 4) is 11.5 Å². The van der Waals surface area contributed by atoms with E-state index in [2.05, 4.69) is 6.92 Å². The van der Waals surface area contributed by atoms with Gasteiger partial charge in [0.1, 0.15) is 11.5 Å². The highest BCUT2D eigenvalue weighted by atomic mass is 17.3. The van der Waals surface area contributed by atoms with E-state index in [0.29, 0.717) is 17.9 Å². The maximum atomic E-state index is 12.4. The van der Waals surface area contributed by atoms with Gasteiger partial charge in [0.2, 0.25) is 6.29 Å². The molecule has 0 aromatic heterocycles. The first kappa shape index (κ1) is 29.1. The van der Waals surface area contributed by atoms with E-state index in [-0.39, 0.29) is 11.1 Å². The molecule has 0 saturated carbocycles. The first-order valence-electron chi connectivity index (χ1n) is 12.6. The molecule has 0 aliphatic rings. The van der Waals surface area contributed by atoms with Gasteiger partial charge in [0, 0.05) is 6.42 Å². The van der Waals surface area contributed by atoms with Crippen molar-refractivity contribution in [3.05, 3.63) is 59.7 Å². The first-order valence-corrected chi connectivity index (χ1v) is 12.6. The molecular weight excluding hydrogens is 464 g/mol. The van der Waals surface area contributed by atoms with E-state index in [4.69, 9.17) is 29.0 Å². The molecule has 0 atom stereocenters. The number of ether oxygens (including phenoxy) is 2. The lowest BCUT2D eigenvalue weighted by Crippen LogP contribution is -2.22. The third-order valence-electron chi connectivity index (χ3n) is 5.62. The molecule has 0 saturated heterocycles.